The number of phenols is 1. The van der Waals surface area contributed by atoms with Gasteiger partial charge in [0, 0.05) is 5.02 Å². The second kappa shape index (κ2) is 5.33. The smallest absolute Gasteiger partial charge is 0.168 e. The predicted molar refractivity (Wildman–Crippen MR) is 75.2 cm³/mol. The molecule has 0 spiro atoms. The molecule has 0 saturated carbocycles. The van der Waals surface area contributed by atoms with E-state index in [1.807, 2.05) is 19.1 Å². The molecular weight excluding hydrogens is 264 g/mol. The molecule has 0 heterocycles. The molecule has 0 aliphatic heterocycles. The Morgan fingerprint density at radius 1 is 1.26 bits per heavy atom. The van der Waals surface area contributed by atoms with E-state index in [1.54, 1.807) is 18.2 Å². The number of hydrogen-bond donors (Lipinski definition) is 1. The number of benzene rings is 2. The first-order chi connectivity index (χ1) is 9.06. The van der Waals surface area contributed by atoms with Crippen molar-refractivity contribution in [3.63, 3.8) is 0 Å². The highest BCUT2D eigenvalue weighted by Gasteiger charge is 2.12. The normalized spacial score (nSPS) is 10.3. The second-order valence-electron chi connectivity index (χ2n) is 4.19. The molecule has 3 nitrogen and oxygen atoms in total. The summed E-state index contributed by atoms with van der Waals surface area (Å²) in [4.78, 5) is 11.0. The zero-order valence-electron chi connectivity index (χ0n) is 10.6. The van der Waals surface area contributed by atoms with Crippen LogP contribution in [0, 0.1) is 6.92 Å². The molecule has 0 bridgehead atoms. The maximum Gasteiger partial charge on any atom is 0.168 e. The molecule has 0 radical (unpaired) electrons. The van der Waals surface area contributed by atoms with Gasteiger partial charge in [0.1, 0.15) is 0 Å². The zero-order valence-corrected chi connectivity index (χ0v) is 11.4. The maximum absolute atomic E-state index is 11.0. The van der Waals surface area contributed by atoms with E-state index in [4.69, 9.17) is 16.3 Å². The van der Waals surface area contributed by atoms with Crippen molar-refractivity contribution in [1.29, 1.82) is 0 Å². The van der Waals surface area contributed by atoms with Crippen LogP contribution in [0.1, 0.15) is 15.9 Å². The Kier molecular flexibility index (Phi) is 3.76. The molecule has 0 aliphatic rings. The van der Waals surface area contributed by atoms with Crippen molar-refractivity contribution in [3.05, 3.63) is 46.5 Å². The Morgan fingerprint density at radius 2 is 2.00 bits per heavy atom. The molecule has 0 fully saturated rings. The summed E-state index contributed by atoms with van der Waals surface area (Å²) in [6.07, 6.45) is 0.598. The quantitative estimate of drug-likeness (QED) is 0.867. The third-order valence-corrected chi connectivity index (χ3v) is 3.20. The number of rotatable bonds is 3. The van der Waals surface area contributed by atoms with E-state index in [1.165, 1.54) is 7.11 Å². The minimum Gasteiger partial charge on any atom is -0.504 e. The highest BCUT2D eigenvalue weighted by molar-refractivity contribution is 6.30. The third kappa shape index (κ3) is 2.56. The van der Waals surface area contributed by atoms with E-state index in [-0.39, 0.29) is 17.1 Å². The van der Waals surface area contributed by atoms with E-state index in [2.05, 4.69) is 0 Å². The van der Waals surface area contributed by atoms with Crippen LogP contribution in [0.5, 0.6) is 11.5 Å². The standard InChI is InChI=1S/C15H13ClO3/c1-9-3-4-12(16)7-13(9)10-5-11(8-17)15(18)14(6-10)19-2/h3-8,18H,1-2H3. The van der Waals surface area contributed by atoms with Crippen molar-refractivity contribution in [2.75, 3.05) is 7.11 Å². The van der Waals surface area contributed by atoms with Gasteiger partial charge in [0.05, 0.1) is 12.7 Å². The van der Waals surface area contributed by atoms with Gasteiger partial charge in [0.2, 0.25) is 0 Å². The Labute approximate surface area is 116 Å². The van der Waals surface area contributed by atoms with E-state index in [0.717, 1.165) is 16.7 Å². The molecule has 0 aromatic heterocycles. The molecule has 1 N–H and O–H groups in total. The molecular formula is C15H13ClO3. The van der Waals surface area contributed by atoms with Crippen LogP contribution in [0.25, 0.3) is 11.1 Å². The lowest BCUT2D eigenvalue weighted by Gasteiger charge is -2.11. The van der Waals surface area contributed by atoms with E-state index in [9.17, 15) is 9.90 Å². The number of carbonyl (C=O) groups excluding carboxylic acids is 1. The summed E-state index contributed by atoms with van der Waals surface area (Å²) in [5, 5.41) is 10.4. The van der Waals surface area contributed by atoms with Crippen LogP contribution in [-0.4, -0.2) is 18.5 Å². The van der Waals surface area contributed by atoms with Gasteiger partial charge in [-0.05, 0) is 47.9 Å². The summed E-state index contributed by atoms with van der Waals surface area (Å²) in [5.74, 6) is 0.111. The molecule has 0 amide bonds. The second-order valence-corrected chi connectivity index (χ2v) is 4.63. The van der Waals surface area contributed by atoms with Crippen molar-refractivity contribution >= 4 is 17.9 Å². The average Bonchev–Trinajstić information content (AvgIpc) is 2.42. The minimum atomic E-state index is -0.152. The molecule has 2 aromatic carbocycles. The highest BCUT2D eigenvalue weighted by atomic mass is 35.5. The van der Waals surface area contributed by atoms with Gasteiger partial charge in [-0.15, -0.1) is 0 Å². The highest BCUT2D eigenvalue weighted by Crippen LogP contribution is 2.36. The van der Waals surface area contributed by atoms with Crippen LogP contribution in [0.2, 0.25) is 5.02 Å². The van der Waals surface area contributed by atoms with E-state index < -0.39 is 0 Å². The summed E-state index contributed by atoms with van der Waals surface area (Å²) >= 11 is 6.00. The fraction of sp³-hybridized carbons (Fsp3) is 0.133. The molecule has 0 atom stereocenters. The molecule has 0 aliphatic carbocycles. The summed E-state index contributed by atoms with van der Waals surface area (Å²) in [7, 11) is 1.44. The largest absolute Gasteiger partial charge is 0.504 e. The van der Waals surface area contributed by atoms with Crippen LogP contribution in [0.4, 0.5) is 0 Å². The Hall–Kier alpha value is -2.00. The number of hydrogen-bond acceptors (Lipinski definition) is 3. The third-order valence-electron chi connectivity index (χ3n) is 2.96. The SMILES string of the molecule is COc1cc(-c2cc(Cl)ccc2C)cc(C=O)c1O. The summed E-state index contributed by atoms with van der Waals surface area (Å²) in [5.41, 5.74) is 2.88. The number of ether oxygens (including phenoxy) is 1. The van der Waals surface area contributed by atoms with Crippen LogP contribution in [0.15, 0.2) is 30.3 Å². The number of aldehydes is 1. The van der Waals surface area contributed by atoms with Crippen molar-refractivity contribution in [2.45, 2.75) is 6.92 Å². The molecule has 2 aromatic rings. The zero-order chi connectivity index (χ0) is 14.0. The fourth-order valence-electron chi connectivity index (χ4n) is 1.94. The van der Waals surface area contributed by atoms with Gasteiger partial charge in [-0.3, -0.25) is 4.79 Å². The van der Waals surface area contributed by atoms with Crippen molar-refractivity contribution < 1.29 is 14.6 Å². The van der Waals surface area contributed by atoms with Crippen LogP contribution in [0.3, 0.4) is 0 Å². The predicted octanol–water partition coefficient (Wildman–Crippen LogP) is 3.84. The lowest BCUT2D eigenvalue weighted by Crippen LogP contribution is -1.92. The van der Waals surface area contributed by atoms with Crippen LogP contribution >= 0.6 is 11.6 Å². The Bertz CT molecular complexity index is 636. The average molecular weight is 277 g/mol. The van der Waals surface area contributed by atoms with Gasteiger partial charge < -0.3 is 9.84 Å². The molecule has 0 saturated heterocycles. The summed E-state index contributed by atoms with van der Waals surface area (Å²) in [6, 6.07) is 8.82. The Balaban J connectivity index is 2.68. The lowest BCUT2D eigenvalue weighted by atomic mass is 9.98. The van der Waals surface area contributed by atoms with Gasteiger partial charge in [0.15, 0.2) is 17.8 Å². The topological polar surface area (TPSA) is 46.5 Å². The van der Waals surface area contributed by atoms with E-state index in [0.29, 0.717) is 11.3 Å². The van der Waals surface area contributed by atoms with Gasteiger partial charge in [-0.1, -0.05) is 17.7 Å². The van der Waals surface area contributed by atoms with Crippen LogP contribution < -0.4 is 4.74 Å². The first kappa shape index (κ1) is 13.4. The van der Waals surface area contributed by atoms with Gasteiger partial charge in [-0.25, -0.2) is 0 Å². The number of halogens is 1. The van der Waals surface area contributed by atoms with Crippen molar-refractivity contribution in [2.24, 2.45) is 0 Å². The first-order valence-corrected chi connectivity index (χ1v) is 6.07. The number of methoxy groups -OCH3 is 1. The first-order valence-electron chi connectivity index (χ1n) is 5.69. The number of aromatic hydroxyl groups is 1. The Morgan fingerprint density at radius 3 is 2.63 bits per heavy atom. The fourth-order valence-corrected chi connectivity index (χ4v) is 2.11. The van der Waals surface area contributed by atoms with E-state index >= 15 is 0 Å². The lowest BCUT2D eigenvalue weighted by molar-refractivity contribution is 0.112. The van der Waals surface area contributed by atoms with Gasteiger partial charge in [0.25, 0.3) is 0 Å². The molecule has 0 unspecified atom stereocenters. The number of aryl methyl sites for hydroxylation is 1. The van der Waals surface area contributed by atoms with Gasteiger partial charge >= 0.3 is 0 Å². The van der Waals surface area contributed by atoms with Gasteiger partial charge in [-0.2, -0.15) is 0 Å². The molecule has 98 valence electrons. The monoisotopic (exact) mass is 276 g/mol. The van der Waals surface area contributed by atoms with Crippen molar-refractivity contribution in [3.8, 4) is 22.6 Å². The minimum absolute atomic E-state index is 0.152. The summed E-state index contributed by atoms with van der Waals surface area (Å²) < 4.78 is 5.08. The molecule has 2 rings (SSSR count). The number of carbonyl (C=O) groups is 1. The van der Waals surface area contributed by atoms with Crippen molar-refractivity contribution in [1.82, 2.24) is 0 Å². The molecule has 19 heavy (non-hydrogen) atoms. The summed E-state index contributed by atoms with van der Waals surface area (Å²) in [6.45, 7) is 1.95. The number of phenolic OH excluding ortho intramolecular Hbond substituents is 1. The molecule has 4 heteroatoms. The van der Waals surface area contributed by atoms with Crippen LogP contribution in [-0.2, 0) is 0 Å². The maximum atomic E-state index is 11.0.